The van der Waals surface area contributed by atoms with Crippen molar-refractivity contribution in [3.63, 3.8) is 0 Å². The molecule has 10 aromatic rings. The van der Waals surface area contributed by atoms with E-state index in [1.54, 1.807) is 0 Å². The molecule has 0 radical (unpaired) electrons. The maximum atomic E-state index is 7.05. The highest BCUT2D eigenvalue weighted by molar-refractivity contribution is 7.26. The standard InChI is InChI=1S/C50H33NOS/c1-50(40-21-8-5-16-35(40)36-17-6-9-22-41(36)50)42-23-13-26-45-47(42)39-20-12-24-43(48(39)52-45)51(34-30-28-33(29-31-34)32-14-3-2-4-15-32)44-25-11-19-38-37-18-7-10-27-46(37)53-49(38)44/h2-31H,1H3. The van der Waals surface area contributed by atoms with E-state index in [4.69, 9.17) is 4.42 Å². The summed E-state index contributed by atoms with van der Waals surface area (Å²) >= 11 is 1.85. The molecule has 2 nitrogen and oxygen atoms in total. The Kier molecular flexibility index (Phi) is 6.58. The first kappa shape index (κ1) is 30.2. The summed E-state index contributed by atoms with van der Waals surface area (Å²) in [5.41, 5.74) is 13.6. The lowest BCUT2D eigenvalue weighted by atomic mass is 9.73. The van der Waals surface area contributed by atoms with Crippen LogP contribution in [0.1, 0.15) is 23.6 Å². The van der Waals surface area contributed by atoms with Crippen LogP contribution in [0.25, 0.3) is 64.4 Å². The van der Waals surface area contributed by atoms with Gasteiger partial charge in [-0.25, -0.2) is 0 Å². The largest absolute Gasteiger partial charge is 0.454 e. The van der Waals surface area contributed by atoms with Crippen molar-refractivity contribution < 1.29 is 4.42 Å². The molecule has 11 rings (SSSR count). The van der Waals surface area contributed by atoms with Crippen LogP contribution in [-0.4, -0.2) is 0 Å². The van der Waals surface area contributed by atoms with E-state index in [-0.39, 0.29) is 5.41 Å². The molecule has 1 aliphatic carbocycles. The van der Waals surface area contributed by atoms with Gasteiger partial charge < -0.3 is 9.32 Å². The molecule has 0 N–H and O–H groups in total. The zero-order valence-corrected chi connectivity index (χ0v) is 29.9. The fourth-order valence-corrected chi connectivity index (χ4v) is 10.1. The van der Waals surface area contributed by atoms with Gasteiger partial charge in [-0.05, 0) is 82.3 Å². The smallest absolute Gasteiger partial charge is 0.159 e. The summed E-state index contributed by atoms with van der Waals surface area (Å²) in [5, 5.41) is 4.83. The van der Waals surface area contributed by atoms with Gasteiger partial charge in [0.25, 0.3) is 0 Å². The van der Waals surface area contributed by atoms with Gasteiger partial charge in [0.1, 0.15) is 5.58 Å². The minimum atomic E-state index is -0.352. The molecule has 0 fully saturated rings. The van der Waals surface area contributed by atoms with Gasteiger partial charge in [-0.2, -0.15) is 0 Å². The minimum Gasteiger partial charge on any atom is -0.454 e. The van der Waals surface area contributed by atoms with Crippen molar-refractivity contribution in [1.29, 1.82) is 0 Å². The normalized spacial score (nSPS) is 13.2. The van der Waals surface area contributed by atoms with Gasteiger partial charge in [-0.15, -0.1) is 11.3 Å². The Hall–Kier alpha value is -6.42. The Morgan fingerprint density at radius 3 is 1.83 bits per heavy atom. The highest BCUT2D eigenvalue weighted by Gasteiger charge is 2.42. The van der Waals surface area contributed by atoms with E-state index >= 15 is 0 Å². The van der Waals surface area contributed by atoms with Gasteiger partial charge >= 0.3 is 0 Å². The summed E-state index contributed by atoms with van der Waals surface area (Å²) in [6.45, 7) is 2.39. The van der Waals surface area contributed by atoms with E-state index < -0.39 is 0 Å². The molecule has 0 amide bonds. The molecule has 0 unspecified atom stereocenters. The van der Waals surface area contributed by atoms with Crippen molar-refractivity contribution in [2.24, 2.45) is 0 Å². The van der Waals surface area contributed by atoms with Crippen molar-refractivity contribution >= 4 is 70.5 Å². The number of rotatable bonds is 5. The molecule has 0 atom stereocenters. The third-order valence-electron chi connectivity index (χ3n) is 11.4. The van der Waals surface area contributed by atoms with Crippen molar-refractivity contribution in [2.45, 2.75) is 12.3 Å². The molecule has 0 bridgehead atoms. The van der Waals surface area contributed by atoms with Crippen LogP contribution in [0.3, 0.4) is 0 Å². The molecule has 0 saturated heterocycles. The highest BCUT2D eigenvalue weighted by atomic mass is 32.1. The molecule has 53 heavy (non-hydrogen) atoms. The summed E-state index contributed by atoms with van der Waals surface area (Å²) in [5.74, 6) is 0. The van der Waals surface area contributed by atoms with E-state index in [0.29, 0.717) is 0 Å². The Labute approximate surface area is 311 Å². The molecule has 0 saturated carbocycles. The zero-order valence-electron chi connectivity index (χ0n) is 29.1. The molecule has 2 aromatic heterocycles. The van der Waals surface area contributed by atoms with Gasteiger partial charge in [0.05, 0.1) is 16.1 Å². The Balaban J connectivity index is 1.17. The first-order valence-corrected chi connectivity index (χ1v) is 19.0. The average molecular weight is 696 g/mol. The first-order chi connectivity index (χ1) is 26.2. The number of para-hydroxylation sites is 1. The summed E-state index contributed by atoms with van der Waals surface area (Å²) in [6.07, 6.45) is 0. The predicted molar refractivity (Wildman–Crippen MR) is 224 cm³/mol. The second kappa shape index (κ2) is 11.5. The highest BCUT2D eigenvalue weighted by Crippen LogP contribution is 2.55. The number of nitrogens with zero attached hydrogens (tertiary/aromatic N) is 1. The Morgan fingerprint density at radius 2 is 1.06 bits per heavy atom. The fraction of sp³-hybridized carbons (Fsp3) is 0.0400. The van der Waals surface area contributed by atoms with Crippen molar-refractivity contribution in [2.75, 3.05) is 4.90 Å². The molecule has 8 aromatic carbocycles. The first-order valence-electron chi connectivity index (χ1n) is 18.2. The van der Waals surface area contributed by atoms with E-state index in [2.05, 4.69) is 194 Å². The maximum absolute atomic E-state index is 7.05. The lowest BCUT2D eigenvalue weighted by molar-refractivity contribution is 0.666. The number of furan rings is 1. The zero-order chi connectivity index (χ0) is 35.1. The third-order valence-corrected chi connectivity index (χ3v) is 12.6. The molecular formula is C50H33NOS. The van der Waals surface area contributed by atoms with Gasteiger partial charge in [0, 0.05) is 37.3 Å². The van der Waals surface area contributed by atoms with Gasteiger partial charge in [-0.3, -0.25) is 0 Å². The van der Waals surface area contributed by atoms with Crippen molar-refractivity contribution in [3.8, 4) is 22.3 Å². The van der Waals surface area contributed by atoms with Gasteiger partial charge in [0.2, 0.25) is 0 Å². The van der Waals surface area contributed by atoms with Crippen molar-refractivity contribution in [3.05, 3.63) is 199 Å². The van der Waals surface area contributed by atoms with Crippen LogP contribution in [0.4, 0.5) is 17.1 Å². The van der Waals surface area contributed by atoms with Gasteiger partial charge in [0.15, 0.2) is 5.58 Å². The minimum absolute atomic E-state index is 0.352. The summed E-state index contributed by atoms with van der Waals surface area (Å²) in [6, 6.07) is 66.0. The number of fused-ring (bicyclic) bond motifs is 9. The molecule has 1 aliphatic rings. The fourth-order valence-electron chi connectivity index (χ4n) is 8.92. The average Bonchev–Trinajstić information content (AvgIpc) is 3.88. The monoisotopic (exact) mass is 695 g/mol. The van der Waals surface area contributed by atoms with Crippen LogP contribution in [0, 0.1) is 0 Å². The number of thiophene rings is 1. The van der Waals surface area contributed by atoms with Crippen LogP contribution in [0.5, 0.6) is 0 Å². The van der Waals surface area contributed by atoms with E-state index in [9.17, 15) is 0 Å². The molecule has 250 valence electrons. The second-order valence-corrected chi connectivity index (χ2v) is 15.2. The maximum Gasteiger partial charge on any atom is 0.159 e. The molecule has 0 aliphatic heterocycles. The lowest BCUT2D eigenvalue weighted by Gasteiger charge is -2.29. The third kappa shape index (κ3) is 4.38. The molecule has 3 heteroatoms. The number of hydrogen-bond donors (Lipinski definition) is 0. The molecule has 2 heterocycles. The van der Waals surface area contributed by atoms with Crippen LogP contribution in [-0.2, 0) is 5.41 Å². The number of anilines is 3. The van der Waals surface area contributed by atoms with Crippen LogP contribution < -0.4 is 4.90 Å². The summed E-state index contributed by atoms with van der Waals surface area (Å²) in [4.78, 5) is 2.40. The van der Waals surface area contributed by atoms with Crippen LogP contribution >= 0.6 is 11.3 Å². The number of benzene rings is 8. The van der Waals surface area contributed by atoms with Crippen LogP contribution in [0.2, 0.25) is 0 Å². The van der Waals surface area contributed by atoms with E-state index in [0.717, 1.165) is 39.0 Å². The summed E-state index contributed by atoms with van der Waals surface area (Å²) < 4.78 is 9.59. The topological polar surface area (TPSA) is 16.4 Å². The quantitative estimate of drug-likeness (QED) is 0.178. The summed E-state index contributed by atoms with van der Waals surface area (Å²) in [7, 11) is 0. The van der Waals surface area contributed by atoms with Crippen LogP contribution in [0.15, 0.2) is 186 Å². The lowest BCUT2D eigenvalue weighted by Crippen LogP contribution is -2.22. The number of hydrogen-bond acceptors (Lipinski definition) is 3. The van der Waals surface area contributed by atoms with E-state index in [1.165, 1.54) is 59.1 Å². The second-order valence-electron chi connectivity index (χ2n) is 14.2. The molecule has 0 spiro atoms. The SMILES string of the molecule is CC1(c2cccc3oc4c(N(c5ccc(-c6ccccc6)cc5)c5cccc6c5sc5ccccc56)cccc4c23)c2ccccc2-c2ccccc21. The Morgan fingerprint density at radius 1 is 0.472 bits per heavy atom. The molecular weight excluding hydrogens is 663 g/mol. The Bertz CT molecular complexity index is 2980. The van der Waals surface area contributed by atoms with Crippen molar-refractivity contribution in [1.82, 2.24) is 0 Å². The van der Waals surface area contributed by atoms with Gasteiger partial charge in [-0.1, -0.05) is 146 Å². The van der Waals surface area contributed by atoms with E-state index in [1.807, 2.05) is 11.3 Å². The predicted octanol–water partition coefficient (Wildman–Crippen LogP) is 14.4.